The number of rotatable bonds is 2. The molecule has 3 heteroatoms. The van der Waals surface area contributed by atoms with Crippen LogP contribution in [0.1, 0.15) is 28.6 Å². The molecule has 0 bridgehead atoms. The maximum Gasteiger partial charge on any atom is 0.121 e. The highest BCUT2D eigenvalue weighted by Crippen LogP contribution is 2.24. The second kappa shape index (κ2) is 4.10. The average Bonchev–Trinajstić information content (AvgIpc) is 2.58. The lowest BCUT2D eigenvalue weighted by Gasteiger charge is -2.13. The second-order valence-electron chi connectivity index (χ2n) is 4.09. The highest BCUT2D eigenvalue weighted by atomic mass is 16.3. The summed E-state index contributed by atoms with van der Waals surface area (Å²) in [6, 6.07) is 9.77. The van der Waals surface area contributed by atoms with Crippen molar-refractivity contribution in [1.82, 2.24) is 9.78 Å². The average molecular weight is 216 g/mol. The van der Waals surface area contributed by atoms with Crippen molar-refractivity contribution in [3.63, 3.8) is 0 Å². The van der Waals surface area contributed by atoms with E-state index in [1.807, 2.05) is 51.2 Å². The first kappa shape index (κ1) is 10.9. The molecule has 3 nitrogen and oxygen atoms in total. The first-order valence-corrected chi connectivity index (χ1v) is 5.33. The summed E-state index contributed by atoms with van der Waals surface area (Å²) in [4.78, 5) is 0. The fraction of sp³-hybridized carbons (Fsp3) is 0.308. The van der Waals surface area contributed by atoms with Gasteiger partial charge in [0.1, 0.15) is 6.10 Å². The molecule has 0 spiro atoms. The quantitative estimate of drug-likeness (QED) is 0.835. The molecular formula is C13H16N2O. The summed E-state index contributed by atoms with van der Waals surface area (Å²) in [5.41, 5.74) is 3.77. The van der Waals surface area contributed by atoms with E-state index in [4.69, 9.17) is 0 Å². The van der Waals surface area contributed by atoms with Crippen LogP contribution >= 0.6 is 0 Å². The largest absolute Gasteiger partial charge is 0.382 e. The Morgan fingerprint density at radius 3 is 2.50 bits per heavy atom. The number of nitrogens with zero attached hydrogens (tertiary/aromatic N) is 2. The molecule has 1 aromatic carbocycles. The number of aromatic nitrogens is 2. The Labute approximate surface area is 95.3 Å². The first-order valence-electron chi connectivity index (χ1n) is 5.33. The van der Waals surface area contributed by atoms with E-state index in [2.05, 4.69) is 5.10 Å². The molecule has 1 aromatic heterocycles. The van der Waals surface area contributed by atoms with E-state index in [1.54, 1.807) is 4.68 Å². The minimum Gasteiger partial charge on any atom is -0.382 e. The molecule has 0 aliphatic rings. The van der Waals surface area contributed by atoms with Gasteiger partial charge in [-0.05, 0) is 31.0 Å². The second-order valence-corrected chi connectivity index (χ2v) is 4.09. The third-order valence-corrected chi connectivity index (χ3v) is 2.80. The van der Waals surface area contributed by atoms with Crippen LogP contribution < -0.4 is 0 Å². The molecule has 0 aliphatic carbocycles. The van der Waals surface area contributed by atoms with Gasteiger partial charge in [0.05, 0.1) is 11.4 Å². The van der Waals surface area contributed by atoms with Gasteiger partial charge in [0.2, 0.25) is 0 Å². The Bertz CT molecular complexity index is 502. The fourth-order valence-electron chi connectivity index (χ4n) is 1.94. The molecule has 2 aromatic rings. The monoisotopic (exact) mass is 216 g/mol. The molecule has 16 heavy (non-hydrogen) atoms. The SMILES string of the molecule is Cc1cc(C(O)c2ccccc2C)n(C)n1. The maximum atomic E-state index is 10.3. The summed E-state index contributed by atoms with van der Waals surface area (Å²) in [6.07, 6.45) is -0.604. The van der Waals surface area contributed by atoms with Crippen molar-refractivity contribution in [2.45, 2.75) is 20.0 Å². The molecule has 2 rings (SSSR count). The highest BCUT2D eigenvalue weighted by Gasteiger charge is 2.16. The van der Waals surface area contributed by atoms with Crippen LogP contribution in [0.15, 0.2) is 30.3 Å². The Hall–Kier alpha value is -1.61. The lowest BCUT2D eigenvalue weighted by molar-refractivity contribution is 0.209. The van der Waals surface area contributed by atoms with Crippen LogP contribution in [0.25, 0.3) is 0 Å². The van der Waals surface area contributed by atoms with Crippen molar-refractivity contribution in [3.8, 4) is 0 Å². The number of aryl methyl sites for hydroxylation is 3. The van der Waals surface area contributed by atoms with E-state index in [0.29, 0.717) is 0 Å². The highest BCUT2D eigenvalue weighted by molar-refractivity contribution is 5.33. The summed E-state index contributed by atoms with van der Waals surface area (Å²) in [7, 11) is 1.85. The van der Waals surface area contributed by atoms with Crippen LogP contribution in [-0.2, 0) is 7.05 Å². The van der Waals surface area contributed by atoms with Crippen LogP contribution in [0, 0.1) is 13.8 Å². The van der Waals surface area contributed by atoms with E-state index in [0.717, 1.165) is 22.5 Å². The molecule has 0 amide bonds. The standard InChI is InChI=1S/C13H16N2O/c1-9-6-4-5-7-11(9)13(16)12-8-10(2)14-15(12)3/h4-8,13,16H,1-3H3. The van der Waals surface area contributed by atoms with Crippen LogP contribution in [-0.4, -0.2) is 14.9 Å². The van der Waals surface area contributed by atoms with E-state index in [9.17, 15) is 5.11 Å². The normalized spacial score (nSPS) is 12.8. The van der Waals surface area contributed by atoms with Crippen molar-refractivity contribution in [2.75, 3.05) is 0 Å². The zero-order valence-corrected chi connectivity index (χ0v) is 9.81. The summed E-state index contributed by atoms with van der Waals surface area (Å²) in [5.74, 6) is 0. The Morgan fingerprint density at radius 2 is 1.94 bits per heavy atom. The van der Waals surface area contributed by atoms with Gasteiger partial charge in [-0.25, -0.2) is 0 Å². The summed E-state index contributed by atoms with van der Waals surface area (Å²) in [5, 5.41) is 14.5. The summed E-state index contributed by atoms with van der Waals surface area (Å²) >= 11 is 0. The van der Waals surface area contributed by atoms with E-state index < -0.39 is 6.10 Å². The fourth-order valence-corrected chi connectivity index (χ4v) is 1.94. The molecule has 0 radical (unpaired) electrons. The third-order valence-electron chi connectivity index (χ3n) is 2.80. The van der Waals surface area contributed by atoms with Crippen molar-refractivity contribution in [2.24, 2.45) is 7.05 Å². The van der Waals surface area contributed by atoms with Crippen molar-refractivity contribution in [3.05, 3.63) is 52.8 Å². The molecule has 0 saturated heterocycles. The number of benzene rings is 1. The molecule has 1 heterocycles. The number of aliphatic hydroxyl groups excluding tert-OH is 1. The van der Waals surface area contributed by atoms with Crippen LogP contribution in [0.2, 0.25) is 0 Å². The molecule has 1 N–H and O–H groups in total. The van der Waals surface area contributed by atoms with Gasteiger partial charge < -0.3 is 5.11 Å². The van der Waals surface area contributed by atoms with Gasteiger partial charge in [0.25, 0.3) is 0 Å². The smallest absolute Gasteiger partial charge is 0.121 e. The molecular weight excluding hydrogens is 200 g/mol. The van der Waals surface area contributed by atoms with E-state index in [1.165, 1.54) is 0 Å². The molecule has 84 valence electrons. The molecule has 1 atom stereocenters. The number of aliphatic hydroxyl groups is 1. The van der Waals surface area contributed by atoms with Gasteiger partial charge in [0.15, 0.2) is 0 Å². The maximum absolute atomic E-state index is 10.3. The zero-order valence-electron chi connectivity index (χ0n) is 9.81. The topological polar surface area (TPSA) is 38.0 Å². The van der Waals surface area contributed by atoms with Crippen LogP contribution in [0.3, 0.4) is 0 Å². The van der Waals surface area contributed by atoms with E-state index in [-0.39, 0.29) is 0 Å². The summed E-state index contributed by atoms with van der Waals surface area (Å²) < 4.78 is 1.73. The van der Waals surface area contributed by atoms with Crippen LogP contribution in [0.5, 0.6) is 0 Å². The Kier molecular flexibility index (Phi) is 2.79. The van der Waals surface area contributed by atoms with Gasteiger partial charge >= 0.3 is 0 Å². The molecule has 0 saturated carbocycles. The lowest BCUT2D eigenvalue weighted by atomic mass is 10.0. The third kappa shape index (κ3) is 1.86. The van der Waals surface area contributed by atoms with Crippen molar-refractivity contribution >= 4 is 0 Å². The number of hydrogen-bond acceptors (Lipinski definition) is 2. The first-order chi connectivity index (χ1) is 7.59. The molecule has 0 fully saturated rings. The molecule has 1 unspecified atom stereocenters. The summed E-state index contributed by atoms with van der Waals surface area (Å²) in [6.45, 7) is 3.93. The minimum absolute atomic E-state index is 0.604. The van der Waals surface area contributed by atoms with Crippen molar-refractivity contribution < 1.29 is 5.11 Å². The minimum atomic E-state index is -0.604. The van der Waals surface area contributed by atoms with Gasteiger partial charge in [-0.3, -0.25) is 4.68 Å². The van der Waals surface area contributed by atoms with Gasteiger partial charge in [-0.1, -0.05) is 24.3 Å². The van der Waals surface area contributed by atoms with Crippen LogP contribution in [0.4, 0.5) is 0 Å². The zero-order chi connectivity index (χ0) is 11.7. The predicted molar refractivity (Wildman–Crippen MR) is 63.2 cm³/mol. The Morgan fingerprint density at radius 1 is 1.25 bits per heavy atom. The van der Waals surface area contributed by atoms with Gasteiger partial charge in [-0.15, -0.1) is 0 Å². The Balaban J connectivity index is 2.43. The van der Waals surface area contributed by atoms with Crippen molar-refractivity contribution in [1.29, 1.82) is 0 Å². The molecule has 0 aliphatic heterocycles. The van der Waals surface area contributed by atoms with Gasteiger partial charge in [-0.2, -0.15) is 5.10 Å². The van der Waals surface area contributed by atoms with E-state index >= 15 is 0 Å². The van der Waals surface area contributed by atoms with Gasteiger partial charge in [0, 0.05) is 7.05 Å². The predicted octanol–water partition coefficient (Wildman–Crippen LogP) is 2.12. The lowest BCUT2D eigenvalue weighted by Crippen LogP contribution is -2.07. The number of hydrogen-bond donors (Lipinski definition) is 1.